The largest absolute Gasteiger partial charge is 0.356 e. The van der Waals surface area contributed by atoms with E-state index < -0.39 is 0 Å². The first-order valence-corrected chi connectivity index (χ1v) is 7.23. The molecule has 0 aliphatic heterocycles. The van der Waals surface area contributed by atoms with Gasteiger partial charge in [-0.05, 0) is 13.8 Å². The molecule has 0 atom stereocenters. The molecule has 0 radical (unpaired) electrons. The number of aryl methyl sites for hydroxylation is 1. The van der Waals surface area contributed by atoms with Crippen LogP contribution in [0.5, 0.6) is 0 Å². The van der Waals surface area contributed by atoms with Gasteiger partial charge in [-0.2, -0.15) is 0 Å². The van der Waals surface area contributed by atoms with Crippen molar-refractivity contribution < 1.29 is 9.32 Å². The molecule has 0 spiro atoms. The van der Waals surface area contributed by atoms with Gasteiger partial charge in [0.25, 0.3) is 5.91 Å². The summed E-state index contributed by atoms with van der Waals surface area (Å²) in [7, 11) is 1.74. The molecule has 7 heteroatoms. The average Bonchev–Trinajstić information content (AvgIpc) is 3.09. The zero-order valence-electron chi connectivity index (χ0n) is 13.2. The standard InChI is InChI=1S/C16H17N5O2/c1-10-13(19-23-15(10)12-7-5-4-6-8-12)9-17-16(22)14-11(2)21(3)20-18-14/h4-8H,9H2,1-3H3,(H,17,22). The van der Waals surface area contributed by atoms with Crippen molar-refractivity contribution in [1.29, 1.82) is 0 Å². The molecule has 2 heterocycles. The van der Waals surface area contributed by atoms with Gasteiger partial charge in [0, 0.05) is 18.2 Å². The second-order valence-corrected chi connectivity index (χ2v) is 5.28. The molecule has 3 aromatic rings. The lowest BCUT2D eigenvalue weighted by Crippen LogP contribution is -2.24. The van der Waals surface area contributed by atoms with E-state index in [9.17, 15) is 4.79 Å². The van der Waals surface area contributed by atoms with Gasteiger partial charge in [-0.3, -0.25) is 9.48 Å². The number of carbonyl (C=O) groups is 1. The maximum absolute atomic E-state index is 12.2. The van der Waals surface area contributed by atoms with Crippen molar-refractivity contribution in [3.05, 3.63) is 53.0 Å². The van der Waals surface area contributed by atoms with Gasteiger partial charge < -0.3 is 9.84 Å². The van der Waals surface area contributed by atoms with Crippen LogP contribution >= 0.6 is 0 Å². The van der Waals surface area contributed by atoms with Crippen molar-refractivity contribution in [2.75, 3.05) is 0 Å². The molecule has 1 aromatic carbocycles. The van der Waals surface area contributed by atoms with Crippen molar-refractivity contribution in [1.82, 2.24) is 25.5 Å². The Labute approximate surface area is 133 Å². The second kappa shape index (κ2) is 6.04. The first-order chi connectivity index (χ1) is 11.1. The summed E-state index contributed by atoms with van der Waals surface area (Å²) in [5, 5.41) is 14.5. The fraction of sp³-hybridized carbons (Fsp3) is 0.250. The van der Waals surface area contributed by atoms with Crippen LogP contribution in [-0.2, 0) is 13.6 Å². The predicted octanol–water partition coefficient (Wildman–Crippen LogP) is 2.02. The van der Waals surface area contributed by atoms with Crippen molar-refractivity contribution in [3.8, 4) is 11.3 Å². The molecule has 0 bridgehead atoms. The first kappa shape index (κ1) is 15.0. The van der Waals surface area contributed by atoms with E-state index in [-0.39, 0.29) is 12.5 Å². The molecule has 2 aromatic heterocycles. The number of rotatable bonds is 4. The Hall–Kier alpha value is -2.96. The van der Waals surface area contributed by atoms with Crippen LogP contribution in [0.1, 0.15) is 27.4 Å². The third kappa shape index (κ3) is 2.85. The normalized spacial score (nSPS) is 10.7. The van der Waals surface area contributed by atoms with Crippen LogP contribution in [-0.4, -0.2) is 26.1 Å². The van der Waals surface area contributed by atoms with Crippen LogP contribution in [0.25, 0.3) is 11.3 Å². The molecule has 0 fully saturated rings. The Kier molecular flexibility index (Phi) is 3.92. The van der Waals surface area contributed by atoms with E-state index in [2.05, 4.69) is 20.8 Å². The summed E-state index contributed by atoms with van der Waals surface area (Å²) in [6.07, 6.45) is 0. The van der Waals surface area contributed by atoms with Crippen LogP contribution < -0.4 is 5.32 Å². The van der Waals surface area contributed by atoms with Crippen molar-refractivity contribution in [2.24, 2.45) is 7.05 Å². The van der Waals surface area contributed by atoms with Crippen LogP contribution in [0.2, 0.25) is 0 Å². The summed E-state index contributed by atoms with van der Waals surface area (Å²) in [6.45, 7) is 3.99. The van der Waals surface area contributed by atoms with Gasteiger partial charge in [-0.15, -0.1) is 5.10 Å². The molecule has 1 N–H and O–H groups in total. The van der Waals surface area contributed by atoms with E-state index in [0.717, 1.165) is 11.1 Å². The lowest BCUT2D eigenvalue weighted by molar-refractivity contribution is 0.0944. The summed E-state index contributed by atoms with van der Waals surface area (Å²) >= 11 is 0. The van der Waals surface area contributed by atoms with Crippen molar-refractivity contribution in [3.63, 3.8) is 0 Å². The van der Waals surface area contributed by atoms with Gasteiger partial charge in [0.1, 0.15) is 5.69 Å². The zero-order valence-corrected chi connectivity index (χ0v) is 13.2. The third-order valence-electron chi connectivity index (χ3n) is 3.80. The monoisotopic (exact) mass is 311 g/mol. The number of benzene rings is 1. The Balaban J connectivity index is 1.73. The minimum atomic E-state index is -0.278. The van der Waals surface area contributed by atoms with Gasteiger partial charge in [0.15, 0.2) is 11.5 Å². The maximum atomic E-state index is 12.2. The second-order valence-electron chi connectivity index (χ2n) is 5.28. The number of hydrogen-bond donors (Lipinski definition) is 1. The third-order valence-corrected chi connectivity index (χ3v) is 3.80. The van der Waals surface area contributed by atoms with E-state index in [1.54, 1.807) is 18.7 Å². The van der Waals surface area contributed by atoms with Crippen LogP contribution in [0.4, 0.5) is 0 Å². The number of amides is 1. The molecule has 0 unspecified atom stereocenters. The summed E-state index contributed by atoms with van der Waals surface area (Å²) < 4.78 is 6.97. The van der Waals surface area contributed by atoms with E-state index in [4.69, 9.17) is 4.52 Å². The molecule has 23 heavy (non-hydrogen) atoms. The zero-order chi connectivity index (χ0) is 16.4. The molecule has 0 aliphatic rings. The molecular formula is C16H17N5O2. The van der Waals surface area contributed by atoms with Gasteiger partial charge >= 0.3 is 0 Å². The van der Waals surface area contributed by atoms with Crippen LogP contribution in [0, 0.1) is 13.8 Å². The molecule has 0 saturated carbocycles. The smallest absolute Gasteiger partial charge is 0.274 e. The van der Waals surface area contributed by atoms with Crippen molar-refractivity contribution >= 4 is 5.91 Å². The number of nitrogens with zero attached hydrogens (tertiary/aromatic N) is 4. The Morgan fingerprint density at radius 1 is 1.26 bits per heavy atom. The number of nitrogens with one attached hydrogen (secondary N) is 1. The van der Waals surface area contributed by atoms with E-state index in [1.807, 2.05) is 37.3 Å². The summed E-state index contributed by atoms with van der Waals surface area (Å²) in [4.78, 5) is 12.2. The van der Waals surface area contributed by atoms with Crippen molar-refractivity contribution in [2.45, 2.75) is 20.4 Å². The van der Waals surface area contributed by atoms with E-state index >= 15 is 0 Å². The molecule has 0 saturated heterocycles. The number of aromatic nitrogens is 4. The van der Waals surface area contributed by atoms with Gasteiger partial charge in [0.05, 0.1) is 12.2 Å². The fourth-order valence-corrected chi connectivity index (χ4v) is 2.25. The van der Waals surface area contributed by atoms with Gasteiger partial charge in [-0.1, -0.05) is 40.7 Å². The lowest BCUT2D eigenvalue weighted by atomic mass is 10.1. The highest BCUT2D eigenvalue weighted by Gasteiger charge is 2.17. The van der Waals surface area contributed by atoms with E-state index in [0.29, 0.717) is 22.8 Å². The Bertz CT molecular complexity index is 836. The quantitative estimate of drug-likeness (QED) is 0.796. The predicted molar refractivity (Wildman–Crippen MR) is 83.6 cm³/mol. The minimum Gasteiger partial charge on any atom is -0.356 e. The number of hydrogen-bond acceptors (Lipinski definition) is 5. The Morgan fingerprint density at radius 3 is 2.65 bits per heavy atom. The topological polar surface area (TPSA) is 85.8 Å². The van der Waals surface area contributed by atoms with Crippen LogP contribution in [0.15, 0.2) is 34.9 Å². The minimum absolute atomic E-state index is 0.275. The van der Waals surface area contributed by atoms with Crippen LogP contribution in [0.3, 0.4) is 0 Å². The number of carbonyl (C=O) groups excluding carboxylic acids is 1. The summed E-state index contributed by atoms with van der Waals surface area (Å²) in [5.74, 6) is 0.435. The highest BCUT2D eigenvalue weighted by molar-refractivity contribution is 5.93. The molecule has 3 rings (SSSR count). The van der Waals surface area contributed by atoms with Gasteiger partial charge in [0.2, 0.25) is 0 Å². The molecule has 0 aliphatic carbocycles. The molecule has 118 valence electrons. The average molecular weight is 311 g/mol. The highest BCUT2D eigenvalue weighted by Crippen LogP contribution is 2.25. The fourth-order valence-electron chi connectivity index (χ4n) is 2.25. The van der Waals surface area contributed by atoms with Gasteiger partial charge in [-0.25, -0.2) is 0 Å². The summed E-state index contributed by atoms with van der Waals surface area (Å²) in [5.41, 5.74) is 3.59. The maximum Gasteiger partial charge on any atom is 0.274 e. The molecule has 1 amide bonds. The first-order valence-electron chi connectivity index (χ1n) is 7.23. The SMILES string of the molecule is Cc1c(CNC(=O)c2nnn(C)c2C)noc1-c1ccccc1. The molecular weight excluding hydrogens is 294 g/mol. The van der Waals surface area contributed by atoms with E-state index in [1.165, 1.54) is 0 Å². The highest BCUT2D eigenvalue weighted by atomic mass is 16.5. The summed E-state index contributed by atoms with van der Waals surface area (Å²) in [6, 6.07) is 9.74. The Morgan fingerprint density at radius 2 is 2.00 bits per heavy atom. The lowest BCUT2D eigenvalue weighted by Gasteiger charge is -2.02. The molecule has 7 nitrogen and oxygen atoms in total.